The quantitative estimate of drug-likeness (QED) is 0.576. The van der Waals surface area contributed by atoms with Gasteiger partial charge in [-0.25, -0.2) is 4.52 Å². The molecule has 2 rings (SSSR count). The minimum atomic E-state index is 0.560. The average Bonchev–Trinajstić information content (AvgIpc) is 2.46. The van der Waals surface area contributed by atoms with Gasteiger partial charge in [-0.2, -0.15) is 10.1 Å². The number of aryl methyl sites for hydroxylation is 1. The summed E-state index contributed by atoms with van der Waals surface area (Å²) in [5.74, 6) is 1.36. The summed E-state index contributed by atoms with van der Waals surface area (Å²) in [6, 6.07) is 0. The zero-order valence-corrected chi connectivity index (χ0v) is 6.10. The fourth-order valence-electron chi connectivity index (χ4n) is 0.854. The van der Waals surface area contributed by atoms with Crippen molar-refractivity contribution in [2.45, 2.75) is 13.3 Å². The van der Waals surface area contributed by atoms with Crippen LogP contribution in [0.3, 0.4) is 0 Å². The van der Waals surface area contributed by atoms with Crippen LogP contribution in [0, 0.1) is 0 Å². The van der Waals surface area contributed by atoms with E-state index in [0.29, 0.717) is 5.78 Å². The van der Waals surface area contributed by atoms with E-state index < -0.39 is 0 Å². The fraction of sp³-hybridized carbons (Fsp3) is 0.333. The van der Waals surface area contributed by atoms with Crippen LogP contribution in [0.25, 0.3) is 5.78 Å². The molecule has 0 aliphatic heterocycles. The summed E-state index contributed by atoms with van der Waals surface area (Å²) < 4.78 is 1.62. The monoisotopic (exact) mass is 149 g/mol. The minimum absolute atomic E-state index is 0.560. The van der Waals surface area contributed by atoms with Crippen LogP contribution in [-0.4, -0.2) is 24.8 Å². The van der Waals surface area contributed by atoms with E-state index in [1.165, 1.54) is 0 Å². The smallest absolute Gasteiger partial charge is 0.201 e. The molecule has 0 N–H and O–H groups in total. The van der Waals surface area contributed by atoms with Crippen LogP contribution in [0.4, 0.5) is 0 Å². The molecule has 11 heavy (non-hydrogen) atoms. The number of hydrogen-bond acceptors (Lipinski definition) is 4. The molecule has 0 spiro atoms. The number of fused-ring (bicyclic) bond motifs is 1. The second kappa shape index (κ2) is 2.26. The summed E-state index contributed by atoms with van der Waals surface area (Å²) in [5.41, 5.74) is 0. The minimum Gasteiger partial charge on any atom is -0.201 e. The second-order valence-electron chi connectivity index (χ2n) is 2.14. The molecule has 0 bridgehead atoms. The van der Waals surface area contributed by atoms with E-state index in [1.54, 1.807) is 16.9 Å². The van der Waals surface area contributed by atoms with E-state index >= 15 is 0 Å². The molecule has 0 aliphatic rings. The Bertz CT molecular complexity index is 333. The summed E-state index contributed by atoms with van der Waals surface area (Å²) >= 11 is 0. The average molecular weight is 149 g/mol. The van der Waals surface area contributed by atoms with Crippen LogP contribution in [-0.2, 0) is 6.42 Å². The molecule has 56 valence electrons. The number of rotatable bonds is 1. The van der Waals surface area contributed by atoms with Crippen LogP contribution in [0.5, 0.6) is 0 Å². The van der Waals surface area contributed by atoms with Crippen molar-refractivity contribution in [1.29, 1.82) is 0 Å². The summed E-state index contributed by atoms with van der Waals surface area (Å²) in [4.78, 5) is 4.11. The van der Waals surface area contributed by atoms with Crippen molar-refractivity contribution >= 4 is 5.78 Å². The Hall–Kier alpha value is -1.52. The van der Waals surface area contributed by atoms with Gasteiger partial charge in [0.1, 0.15) is 0 Å². The first-order valence-corrected chi connectivity index (χ1v) is 3.43. The molecule has 0 unspecified atom stereocenters. The normalized spacial score (nSPS) is 10.6. The van der Waals surface area contributed by atoms with E-state index in [1.807, 2.05) is 6.92 Å². The van der Waals surface area contributed by atoms with Gasteiger partial charge in [0.05, 0.1) is 12.4 Å². The molecular weight excluding hydrogens is 142 g/mol. The molecule has 2 aromatic heterocycles. The molecule has 0 aromatic carbocycles. The van der Waals surface area contributed by atoms with Crippen molar-refractivity contribution in [3.05, 3.63) is 18.2 Å². The van der Waals surface area contributed by atoms with Gasteiger partial charge in [-0.15, -0.1) is 10.2 Å². The molecule has 2 heterocycles. The lowest BCUT2D eigenvalue weighted by Crippen LogP contribution is -1.90. The number of nitrogens with zero attached hydrogens (tertiary/aromatic N) is 5. The Morgan fingerprint density at radius 2 is 2.45 bits per heavy atom. The topological polar surface area (TPSA) is 56.0 Å². The summed E-state index contributed by atoms with van der Waals surface area (Å²) in [5, 5.41) is 11.6. The second-order valence-corrected chi connectivity index (χ2v) is 2.14. The van der Waals surface area contributed by atoms with E-state index in [-0.39, 0.29) is 0 Å². The summed E-state index contributed by atoms with van der Waals surface area (Å²) in [6.07, 6.45) is 4.14. The van der Waals surface area contributed by atoms with Crippen LogP contribution < -0.4 is 0 Å². The first-order chi connectivity index (χ1) is 5.40. The predicted molar refractivity (Wildman–Crippen MR) is 38.0 cm³/mol. The first-order valence-electron chi connectivity index (χ1n) is 3.43. The van der Waals surface area contributed by atoms with E-state index in [9.17, 15) is 0 Å². The van der Waals surface area contributed by atoms with E-state index in [2.05, 4.69) is 20.3 Å². The Morgan fingerprint density at radius 1 is 1.55 bits per heavy atom. The highest BCUT2D eigenvalue weighted by molar-refractivity contribution is 5.22. The molecule has 2 aromatic rings. The molecule has 0 radical (unpaired) electrons. The molecule has 5 heteroatoms. The highest BCUT2D eigenvalue weighted by Gasteiger charge is 1.99. The number of aromatic nitrogens is 5. The van der Waals surface area contributed by atoms with Crippen LogP contribution in [0.1, 0.15) is 12.7 Å². The van der Waals surface area contributed by atoms with Gasteiger partial charge in [-0.05, 0) is 0 Å². The third-order valence-corrected chi connectivity index (χ3v) is 1.40. The van der Waals surface area contributed by atoms with E-state index in [4.69, 9.17) is 0 Å². The lowest BCUT2D eigenvalue weighted by Gasteiger charge is -1.82. The molecular formula is C6H7N5. The van der Waals surface area contributed by atoms with Gasteiger partial charge in [0.15, 0.2) is 5.82 Å². The SMILES string of the molecule is CCc1nc2nnccn2n1. The molecule has 0 fully saturated rings. The predicted octanol–water partition coefficient (Wildman–Crippen LogP) is 0.0817. The maximum Gasteiger partial charge on any atom is 0.271 e. The lowest BCUT2D eigenvalue weighted by atomic mass is 10.5. The van der Waals surface area contributed by atoms with Crippen LogP contribution in [0.15, 0.2) is 12.4 Å². The Morgan fingerprint density at radius 3 is 3.18 bits per heavy atom. The molecule has 0 amide bonds. The maximum atomic E-state index is 4.13. The maximum absolute atomic E-state index is 4.13. The van der Waals surface area contributed by atoms with Crippen molar-refractivity contribution < 1.29 is 0 Å². The van der Waals surface area contributed by atoms with Crippen LogP contribution >= 0.6 is 0 Å². The zero-order chi connectivity index (χ0) is 7.68. The van der Waals surface area contributed by atoms with Gasteiger partial charge in [-0.3, -0.25) is 0 Å². The molecule has 0 atom stereocenters. The summed E-state index contributed by atoms with van der Waals surface area (Å²) in [6.45, 7) is 2.00. The van der Waals surface area contributed by atoms with Crippen molar-refractivity contribution in [2.24, 2.45) is 0 Å². The third kappa shape index (κ3) is 0.938. The zero-order valence-electron chi connectivity index (χ0n) is 6.10. The highest BCUT2D eigenvalue weighted by atomic mass is 15.4. The largest absolute Gasteiger partial charge is 0.271 e. The van der Waals surface area contributed by atoms with Gasteiger partial charge >= 0.3 is 0 Å². The summed E-state index contributed by atoms with van der Waals surface area (Å²) in [7, 11) is 0. The molecule has 0 saturated heterocycles. The van der Waals surface area contributed by atoms with Gasteiger partial charge in [0.2, 0.25) is 0 Å². The van der Waals surface area contributed by atoms with Gasteiger partial charge in [0.25, 0.3) is 5.78 Å². The number of hydrogen-bond donors (Lipinski definition) is 0. The first kappa shape index (κ1) is 6.21. The lowest BCUT2D eigenvalue weighted by molar-refractivity contribution is 0.857. The third-order valence-electron chi connectivity index (χ3n) is 1.40. The molecule has 5 nitrogen and oxygen atoms in total. The van der Waals surface area contributed by atoms with Crippen molar-refractivity contribution in [3.63, 3.8) is 0 Å². The Labute approximate surface area is 63.1 Å². The molecule has 0 aliphatic carbocycles. The van der Waals surface area contributed by atoms with Crippen molar-refractivity contribution in [3.8, 4) is 0 Å². The van der Waals surface area contributed by atoms with Crippen molar-refractivity contribution in [2.75, 3.05) is 0 Å². The van der Waals surface area contributed by atoms with Crippen molar-refractivity contribution in [1.82, 2.24) is 24.8 Å². The Balaban J connectivity index is 2.69. The Kier molecular flexibility index (Phi) is 1.28. The van der Waals surface area contributed by atoms with Gasteiger partial charge < -0.3 is 0 Å². The van der Waals surface area contributed by atoms with Crippen LogP contribution in [0.2, 0.25) is 0 Å². The standard InChI is InChI=1S/C6H7N5/c1-2-5-8-6-9-7-3-4-11(6)10-5/h3-4H,2H2,1H3. The molecule has 0 saturated carbocycles. The van der Waals surface area contributed by atoms with Gasteiger partial charge in [-0.1, -0.05) is 6.92 Å². The van der Waals surface area contributed by atoms with Gasteiger partial charge in [0, 0.05) is 6.42 Å². The highest BCUT2D eigenvalue weighted by Crippen LogP contribution is 1.94. The fourth-order valence-corrected chi connectivity index (χ4v) is 0.854. The van der Waals surface area contributed by atoms with E-state index in [0.717, 1.165) is 12.2 Å².